The fourth-order valence-corrected chi connectivity index (χ4v) is 2.97. The third-order valence-electron chi connectivity index (χ3n) is 4.44. The van der Waals surface area contributed by atoms with Crippen LogP contribution in [0.1, 0.15) is 32.4 Å². The average molecular weight is 319 g/mol. The first kappa shape index (κ1) is 17.8. The highest BCUT2D eigenvalue weighted by Crippen LogP contribution is 2.23. The molecule has 0 spiro atoms. The molecule has 1 unspecified atom stereocenters. The van der Waals surface area contributed by atoms with Crippen LogP contribution in [0.4, 0.5) is 0 Å². The van der Waals surface area contributed by atoms with Crippen molar-refractivity contribution >= 4 is 5.91 Å². The molecule has 2 atom stereocenters. The molecule has 2 N–H and O–H groups in total. The molecule has 23 heavy (non-hydrogen) atoms. The Morgan fingerprint density at radius 2 is 2.09 bits per heavy atom. The number of methoxy groups -OCH3 is 1. The molecule has 1 fully saturated rings. The monoisotopic (exact) mass is 319 g/mol. The minimum atomic E-state index is 0.0200. The minimum absolute atomic E-state index is 0.0200. The number of nitrogens with one attached hydrogen (secondary N) is 2. The Bertz CT molecular complexity index is 501. The first-order valence-electron chi connectivity index (χ1n) is 8.39. The van der Waals surface area contributed by atoms with Gasteiger partial charge in [-0.3, -0.25) is 9.69 Å². The summed E-state index contributed by atoms with van der Waals surface area (Å²) >= 11 is 0. The van der Waals surface area contributed by atoms with Gasteiger partial charge in [0, 0.05) is 25.7 Å². The molecule has 1 aromatic rings. The molecular formula is C18H29N3O2. The predicted molar refractivity (Wildman–Crippen MR) is 92.6 cm³/mol. The third kappa shape index (κ3) is 4.94. The zero-order valence-electron chi connectivity index (χ0n) is 14.6. The Balaban J connectivity index is 1.99. The number of nitrogens with zero attached hydrogens (tertiary/aromatic N) is 1. The fourth-order valence-electron chi connectivity index (χ4n) is 2.97. The van der Waals surface area contributed by atoms with Crippen molar-refractivity contribution in [3.8, 4) is 5.75 Å². The van der Waals surface area contributed by atoms with Crippen LogP contribution < -0.4 is 15.4 Å². The number of ether oxygens (including phenoxy) is 1. The maximum atomic E-state index is 12.5. The smallest absolute Gasteiger partial charge is 0.234 e. The van der Waals surface area contributed by atoms with E-state index < -0.39 is 0 Å². The molecule has 128 valence electrons. The van der Waals surface area contributed by atoms with Crippen molar-refractivity contribution in [2.24, 2.45) is 5.92 Å². The number of carbonyl (C=O) groups excluding carboxylic acids is 1. The number of amides is 1. The van der Waals surface area contributed by atoms with Gasteiger partial charge in [-0.15, -0.1) is 0 Å². The van der Waals surface area contributed by atoms with Gasteiger partial charge in [0.25, 0.3) is 0 Å². The van der Waals surface area contributed by atoms with Crippen molar-refractivity contribution in [3.05, 3.63) is 29.8 Å². The standard InChI is InChI=1S/C18H29N3O2/c1-13(2)18(15-5-7-16(23-4)8-6-15)20-17(22)12-21-10-9-19-11-14(21)3/h5-8,13-14,18-19H,9-12H2,1-4H3,(H,20,22)/t14-,18?/m0/s1. The first-order chi connectivity index (χ1) is 11.0. The minimum Gasteiger partial charge on any atom is -0.497 e. The maximum absolute atomic E-state index is 12.5. The molecule has 1 aliphatic rings. The molecule has 1 aliphatic heterocycles. The lowest BCUT2D eigenvalue weighted by Crippen LogP contribution is -2.53. The average Bonchev–Trinajstić information content (AvgIpc) is 2.55. The molecular weight excluding hydrogens is 290 g/mol. The number of rotatable bonds is 6. The molecule has 1 aromatic carbocycles. The summed E-state index contributed by atoms with van der Waals surface area (Å²) in [5, 5.41) is 6.54. The Morgan fingerprint density at radius 1 is 1.39 bits per heavy atom. The summed E-state index contributed by atoms with van der Waals surface area (Å²) in [5.74, 6) is 1.25. The molecule has 5 nitrogen and oxygen atoms in total. The maximum Gasteiger partial charge on any atom is 0.234 e. The number of hydrogen-bond donors (Lipinski definition) is 2. The molecule has 0 bridgehead atoms. The molecule has 1 amide bonds. The van der Waals surface area contributed by atoms with E-state index in [1.165, 1.54) is 0 Å². The molecule has 1 heterocycles. The van der Waals surface area contributed by atoms with E-state index >= 15 is 0 Å². The second-order valence-electron chi connectivity index (χ2n) is 6.59. The third-order valence-corrected chi connectivity index (χ3v) is 4.44. The van der Waals surface area contributed by atoms with Gasteiger partial charge in [-0.05, 0) is 30.5 Å². The van der Waals surface area contributed by atoms with Gasteiger partial charge in [0.2, 0.25) is 5.91 Å². The number of hydrogen-bond acceptors (Lipinski definition) is 4. The second kappa shape index (κ2) is 8.31. The zero-order chi connectivity index (χ0) is 16.8. The van der Waals surface area contributed by atoms with Crippen LogP contribution in [-0.4, -0.2) is 50.1 Å². The number of carbonyl (C=O) groups is 1. The van der Waals surface area contributed by atoms with Gasteiger partial charge in [-0.25, -0.2) is 0 Å². The van der Waals surface area contributed by atoms with Crippen molar-refractivity contribution in [2.75, 3.05) is 33.3 Å². The van der Waals surface area contributed by atoms with Crippen LogP contribution in [0.25, 0.3) is 0 Å². The SMILES string of the molecule is COc1ccc(C(NC(=O)CN2CCNC[C@@H]2C)C(C)C)cc1. The van der Waals surface area contributed by atoms with Crippen LogP contribution in [0.5, 0.6) is 5.75 Å². The van der Waals surface area contributed by atoms with Crippen LogP contribution >= 0.6 is 0 Å². The highest BCUT2D eigenvalue weighted by Gasteiger charge is 2.23. The summed E-state index contributed by atoms with van der Waals surface area (Å²) in [6.07, 6.45) is 0. The second-order valence-corrected chi connectivity index (χ2v) is 6.59. The topological polar surface area (TPSA) is 53.6 Å². The van der Waals surface area contributed by atoms with Gasteiger partial charge in [0.05, 0.1) is 19.7 Å². The Labute approximate surface area is 139 Å². The highest BCUT2D eigenvalue weighted by atomic mass is 16.5. The van der Waals surface area contributed by atoms with Crippen molar-refractivity contribution in [1.29, 1.82) is 0 Å². The largest absolute Gasteiger partial charge is 0.497 e. The van der Waals surface area contributed by atoms with Crippen molar-refractivity contribution in [1.82, 2.24) is 15.5 Å². The van der Waals surface area contributed by atoms with E-state index in [1.807, 2.05) is 24.3 Å². The van der Waals surface area contributed by atoms with Crippen LogP contribution in [0, 0.1) is 5.92 Å². The zero-order valence-corrected chi connectivity index (χ0v) is 14.6. The Morgan fingerprint density at radius 3 is 2.65 bits per heavy atom. The van der Waals surface area contributed by atoms with E-state index in [2.05, 4.69) is 36.3 Å². The fraction of sp³-hybridized carbons (Fsp3) is 0.611. The Kier molecular flexibility index (Phi) is 6.42. The van der Waals surface area contributed by atoms with Crippen molar-refractivity contribution in [2.45, 2.75) is 32.9 Å². The molecule has 0 radical (unpaired) electrons. The summed E-state index contributed by atoms with van der Waals surface area (Å²) in [6, 6.07) is 8.35. The lowest BCUT2D eigenvalue weighted by molar-refractivity contribution is -0.124. The van der Waals surface area contributed by atoms with E-state index in [-0.39, 0.29) is 11.9 Å². The molecule has 0 saturated carbocycles. The van der Waals surface area contributed by atoms with Gasteiger partial charge >= 0.3 is 0 Å². The van der Waals surface area contributed by atoms with E-state index in [9.17, 15) is 4.79 Å². The molecule has 1 saturated heterocycles. The number of benzene rings is 1. The van der Waals surface area contributed by atoms with E-state index in [0.717, 1.165) is 30.9 Å². The number of piperazine rings is 1. The first-order valence-corrected chi connectivity index (χ1v) is 8.39. The van der Waals surface area contributed by atoms with Gasteiger partial charge in [0.1, 0.15) is 5.75 Å². The highest BCUT2D eigenvalue weighted by molar-refractivity contribution is 5.78. The van der Waals surface area contributed by atoms with Crippen molar-refractivity contribution in [3.63, 3.8) is 0 Å². The van der Waals surface area contributed by atoms with Crippen LogP contribution in [0.15, 0.2) is 24.3 Å². The van der Waals surface area contributed by atoms with Crippen LogP contribution in [0.3, 0.4) is 0 Å². The van der Waals surface area contributed by atoms with Crippen LogP contribution in [0.2, 0.25) is 0 Å². The van der Waals surface area contributed by atoms with E-state index in [4.69, 9.17) is 4.74 Å². The van der Waals surface area contributed by atoms with Crippen molar-refractivity contribution < 1.29 is 9.53 Å². The van der Waals surface area contributed by atoms with Crippen LogP contribution in [-0.2, 0) is 4.79 Å². The summed E-state index contributed by atoms with van der Waals surface area (Å²) in [7, 11) is 1.66. The predicted octanol–water partition coefficient (Wildman–Crippen LogP) is 1.80. The van der Waals surface area contributed by atoms with E-state index in [1.54, 1.807) is 7.11 Å². The normalized spacial score (nSPS) is 20.3. The van der Waals surface area contributed by atoms with Gasteiger partial charge in [-0.2, -0.15) is 0 Å². The summed E-state index contributed by atoms with van der Waals surface area (Å²) in [5.41, 5.74) is 1.11. The molecule has 5 heteroatoms. The Hall–Kier alpha value is -1.59. The lowest BCUT2D eigenvalue weighted by Gasteiger charge is -2.34. The van der Waals surface area contributed by atoms with Gasteiger partial charge in [-0.1, -0.05) is 26.0 Å². The summed E-state index contributed by atoms with van der Waals surface area (Å²) < 4.78 is 5.20. The van der Waals surface area contributed by atoms with Gasteiger partial charge in [0.15, 0.2) is 0 Å². The molecule has 0 aliphatic carbocycles. The molecule has 2 rings (SSSR count). The lowest BCUT2D eigenvalue weighted by atomic mass is 9.96. The summed E-state index contributed by atoms with van der Waals surface area (Å²) in [4.78, 5) is 14.7. The van der Waals surface area contributed by atoms with E-state index in [0.29, 0.717) is 18.5 Å². The summed E-state index contributed by atoms with van der Waals surface area (Å²) in [6.45, 7) is 9.68. The quantitative estimate of drug-likeness (QED) is 0.839. The van der Waals surface area contributed by atoms with Gasteiger partial charge < -0.3 is 15.4 Å². The molecule has 0 aromatic heterocycles.